The molecule has 2 atom stereocenters. The summed E-state index contributed by atoms with van der Waals surface area (Å²) in [4.78, 5) is 4.97. The second-order valence-electron chi connectivity index (χ2n) is 5.84. The first-order valence-electron chi connectivity index (χ1n) is 7.25. The minimum absolute atomic E-state index is 0.548. The van der Waals surface area contributed by atoms with Gasteiger partial charge >= 0.3 is 0 Å². The van der Waals surface area contributed by atoms with E-state index in [1.165, 1.54) is 31.5 Å². The van der Waals surface area contributed by atoms with Gasteiger partial charge in [-0.3, -0.25) is 4.90 Å². The van der Waals surface area contributed by atoms with Crippen LogP contribution in [-0.4, -0.2) is 55.3 Å². The predicted molar refractivity (Wildman–Crippen MR) is 86.2 cm³/mol. The minimum atomic E-state index is 0.548. The van der Waals surface area contributed by atoms with Gasteiger partial charge in [0.25, 0.3) is 0 Å². The van der Waals surface area contributed by atoms with Crippen molar-refractivity contribution in [1.29, 1.82) is 0 Å². The number of rotatable bonds is 6. The Morgan fingerprint density at radius 3 is 2.68 bits per heavy atom. The van der Waals surface area contributed by atoms with E-state index in [0.717, 1.165) is 18.3 Å². The molecule has 3 heteroatoms. The van der Waals surface area contributed by atoms with Gasteiger partial charge in [0.1, 0.15) is 0 Å². The smallest absolute Gasteiger partial charge is 0.0223 e. The lowest BCUT2D eigenvalue weighted by molar-refractivity contribution is 0.201. The Morgan fingerprint density at radius 1 is 1.32 bits per heavy atom. The van der Waals surface area contributed by atoms with Gasteiger partial charge in [-0.25, -0.2) is 0 Å². The Morgan fingerprint density at radius 2 is 2.05 bits per heavy atom. The van der Waals surface area contributed by atoms with Gasteiger partial charge in [0.05, 0.1) is 0 Å². The summed E-state index contributed by atoms with van der Waals surface area (Å²) in [7, 11) is 4.34. The van der Waals surface area contributed by atoms with Crippen LogP contribution in [0.15, 0.2) is 30.3 Å². The fourth-order valence-corrected chi connectivity index (χ4v) is 3.37. The molecule has 1 fully saturated rings. The highest BCUT2D eigenvalue weighted by Crippen LogP contribution is 2.24. The lowest BCUT2D eigenvalue weighted by Crippen LogP contribution is -2.39. The van der Waals surface area contributed by atoms with Gasteiger partial charge in [0.2, 0.25) is 0 Å². The third-order valence-electron chi connectivity index (χ3n) is 4.02. The molecule has 0 N–H and O–H groups in total. The van der Waals surface area contributed by atoms with Crippen molar-refractivity contribution in [2.45, 2.75) is 24.8 Å². The summed E-state index contributed by atoms with van der Waals surface area (Å²) < 4.78 is 0. The number of likely N-dealkylation sites (N-methyl/N-ethyl adjacent to an activating group) is 1. The van der Waals surface area contributed by atoms with E-state index in [9.17, 15) is 0 Å². The molecule has 0 saturated carbocycles. The van der Waals surface area contributed by atoms with Crippen molar-refractivity contribution in [2.24, 2.45) is 0 Å². The summed E-state index contributed by atoms with van der Waals surface area (Å²) >= 11 is 4.56. The van der Waals surface area contributed by atoms with Crippen LogP contribution in [0.3, 0.4) is 0 Å². The van der Waals surface area contributed by atoms with Crippen LogP contribution in [0.2, 0.25) is 0 Å². The second-order valence-corrected chi connectivity index (χ2v) is 6.21. The van der Waals surface area contributed by atoms with Gasteiger partial charge in [-0.2, -0.15) is 12.6 Å². The molecular weight excluding hydrogens is 252 g/mol. The summed E-state index contributed by atoms with van der Waals surface area (Å²) in [5, 5.41) is 0. The molecule has 1 heterocycles. The largest absolute Gasteiger partial charge is 0.308 e. The Hall–Kier alpha value is -0.510. The molecule has 1 aliphatic heterocycles. The molecule has 0 aromatic heterocycles. The molecule has 19 heavy (non-hydrogen) atoms. The van der Waals surface area contributed by atoms with Crippen LogP contribution in [0, 0.1) is 0 Å². The Kier molecular flexibility index (Phi) is 5.74. The molecule has 1 aromatic rings. The highest BCUT2D eigenvalue weighted by Gasteiger charge is 2.27. The third kappa shape index (κ3) is 4.23. The molecule has 1 aromatic carbocycles. The molecule has 2 rings (SSSR count). The topological polar surface area (TPSA) is 6.48 Å². The molecular formula is C16H26N2S. The number of hydrogen-bond donors (Lipinski definition) is 1. The summed E-state index contributed by atoms with van der Waals surface area (Å²) in [6.07, 6.45) is 2.68. The molecule has 2 nitrogen and oxygen atoms in total. The fourth-order valence-electron chi connectivity index (χ4n) is 3.04. The van der Waals surface area contributed by atoms with Crippen molar-refractivity contribution in [1.82, 2.24) is 9.80 Å². The monoisotopic (exact) mass is 278 g/mol. The molecule has 0 spiro atoms. The standard InChI is InChI=1S/C16H26N2S/c1-17(2)12-16-9-6-10-18(16)11-15(13-19)14-7-4-3-5-8-14/h3-5,7-8,15-16,19H,6,9-13H2,1-2H3. The molecule has 0 aliphatic carbocycles. The zero-order valence-electron chi connectivity index (χ0n) is 12.1. The maximum absolute atomic E-state index is 4.56. The second kappa shape index (κ2) is 7.32. The van der Waals surface area contributed by atoms with Crippen LogP contribution < -0.4 is 0 Å². The molecule has 1 aliphatic rings. The van der Waals surface area contributed by atoms with E-state index in [1.807, 2.05) is 0 Å². The van der Waals surface area contributed by atoms with Crippen LogP contribution in [0.25, 0.3) is 0 Å². The van der Waals surface area contributed by atoms with Gasteiger partial charge in [0, 0.05) is 25.0 Å². The quantitative estimate of drug-likeness (QED) is 0.799. The summed E-state index contributed by atoms with van der Waals surface area (Å²) in [6.45, 7) is 3.57. The SMILES string of the molecule is CN(C)CC1CCCN1CC(CS)c1ccccc1. The average Bonchev–Trinajstić information content (AvgIpc) is 2.83. The van der Waals surface area contributed by atoms with E-state index in [-0.39, 0.29) is 0 Å². The van der Waals surface area contributed by atoms with Crippen molar-refractivity contribution in [3.05, 3.63) is 35.9 Å². The third-order valence-corrected chi connectivity index (χ3v) is 4.46. The van der Waals surface area contributed by atoms with Gasteiger partial charge in [0.15, 0.2) is 0 Å². The first kappa shape index (κ1) is 14.9. The molecule has 2 unspecified atom stereocenters. The van der Waals surface area contributed by atoms with Crippen molar-refractivity contribution >= 4 is 12.6 Å². The van der Waals surface area contributed by atoms with Gasteiger partial charge in [-0.15, -0.1) is 0 Å². The molecule has 0 radical (unpaired) electrons. The minimum Gasteiger partial charge on any atom is -0.308 e. The Balaban J connectivity index is 1.98. The van der Waals surface area contributed by atoms with Crippen molar-refractivity contribution in [3.8, 4) is 0 Å². The normalized spacial score (nSPS) is 22.0. The number of benzene rings is 1. The van der Waals surface area contributed by atoms with Gasteiger partial charge < -0.3 is 4.90 Å². The molecule has 1 saturated heterocycles. The maximum Gasteiger partial charge on any atom is 0.0223 e. The molecule has 0 bridgehead atoms. The van der Waals surface area contributed by atoms with Crippen molar-refractivity contribution in [3.63, 3.8) is 0 Å². The van der Waals surface area contributed by atoms with Crippen molar-refractivity contribution in [2.75, 3.05) is 39.5 Å². The zero-order chi connectivity index (χ0) is 13.7. The maximum atomic E-state index is 4.56. The number of nitrogens with zero attached hydrogens (tertiary/aromatic N) is 2. The number of hydrogen-bond acceptors (Lipinski definition) is 3. The summed E-state index contributed by atoms with van der Waals surface area (Å²) in [5.74, 6) is 1.47. The predicted octanol–water partition coefficient (Wildman–Crippen LogP) is 2.73. The lowest BCUT2D eigenvalue weighted by atomic mass is 10.00. The average molecular weight is 278 g/mol. The van der Waals surface area contributed by atoms with E-state index in [1.54, 1.807) is 0 Å². The van der Waals surface area contributed by atoms with E-state index in [0.29, 0.717) is 5.92 Å². The summed E-state index contributed by atoms with van der Waals surface area (Å²) in [5.41, 5.74) is 1.42. The van der Waals surface area contributed by atoms with E-state index < -0.39 is 0 Å². The lowest BCUT2D eigenvalue weighted by Gasteiger charge is -2.30. The van der Waals surface area contributed by atoms with Gasteiger partial charge in [-0.1, -0.05) is 30.3 Å². The highest BCUT2D eigenvalue weighted by atomic mass is 32.1. The summed E-state index contributed by atoms with van der Waals surface area (Å²) in [6, 6.07) is 11.5. The first-order chi connectivity index (χ1) is 9.20. The van der Waals surface area contributed by atoms with Crippen LogP contribution in [0.4, 0.5) is 0 Å². The van der Waals surface area contributed by atoms with Gasteiger partial charge in [-0.05, 0) is 44.8 Å². The van der Waals surface area contributed by atoms with Crippen LogP contribution >= 0.6 is 12.6 Å². The number of thiol groups is 1. The molecule has 106 valence electrons. The Bertz CT molecular complexity index is 366. The van der Waals surface area contributed by atoms with Crippen LogP contribution in [0.5, 0.6) is 0 Å². The number of likely N-dealkylation sites (tertiary alicyclic amines) is 1. The first-order valence-corrected chi connectivity index (χ1v) is 7.88. The highest BCUT2D eigenvalue weighted by molar-refractivity contribution is 7.80. The van der Waals surface area contributed by atoms with Crippen molar-refractivity contribution < 1.29 is 0 Å². The van der Waals surface area contributed by atoms with Crippen LogP contribution in [0.1, 0.15) is 24.3 Å². The fraction of sp³-hybridized carbons (Fsp3) is 0.625. The molecule has 0 amide bonds. The zero-order valence-corrected chi connectivity index (χ0v) is 13.0. The van der Waals surface area contributed by atoms with E-state index in [4.69, 9.17) is 0 Å². The van der Waals surface area contributed by atoms with E-state index in [2.05, 4.69) is 66.9 Å². The van der Waals surface area contributed by atoms with E-state index >= 15 is 0 Å². The Labute approximate surface area is 123 Å². The van der Waals surface area contributed by atoms with Crippen LogP contribution in [-0.2, 0) is 0 Å².